The van der Waals surface area contributed by atoms with E-state index in [1.807, 2.05) is 24.3 Å². The number of nitrogens with zero attached hydrogens (tertiary/aromatic N) is 4. The van der Waals surface area contributed by atoms with Crippen LogP contribution in [-0.4, -0.2) is 52.8 Å². The molecule has 1 atom stereocenters. The zero-order valence-electron chi connectivity index (χ0n) is 15.6. The molecule has 1 aromatic heterocycles. The molecule has 1 fully saturated rings. The van der Waals surface area contributed by atoms with Crippen molar-refractivity contribution in [2.45, 2.75) is 18.9 Å². The molecule has 2 aromatic carbocycles. The van der Waals surface area contributed by atoms with Crippen LogP contribution in [0, 0.1) is 0 Å². The lowest BCUT2D eigenvalue weighted by Gasteiger charge is -2.19. The second-order valence-corrected chi connectivity index (χ2v) is 6.74. The van der Waals surface area contributed by atoms with Gasteiger partial charge in [-0.05, 0) is 29.8 Å². The van der Waals surface area contributed by atoms with E-state index in [1.165, 1.54) is 11.1 Å². The summed E-state index contributed by atoms with van der Waals surface area (Å²) in [7, 11) is 3.39. The number of hydrogen-bond donors (Lipinski definition) is 1. The lowest BCUT2D eigenvalue weighted by molar-refractivity contribution is 0.323. The largest absolute Gasteiger partial charge is 0.493 e. The van der Waals surface area contributed by atoms with Crippen LogP contribution in [0.25, 0.3) is 11.4 Å². The van der Waals surface area contributed by atoms with Gasteiger partial charge in [-0.2, -0.15) is 5.21 Å². The first-order valence-corrected chi connectivity index (χ1v) is 9.04. The van der Waals surface area contributed by atoms with E-state index in [1.54, 1.807) is 14.2 Å². The highest BCUT2D eigenvalue weighted by Crippen LogP contribution is 2.39. The summed E-state index contributed by atoms with van der Waals surface area (Å²) in [6, 6.07) is 14.5. The first-order chi connectivity index (χ1) is 13.3. The number of para-hydroxylation sites is 1. The number of aromatic amines is 1. The van der Waals surface area contributed by atoms with Crippen LogP contribution in [0.4, 0.5) is 0 Å². The van der Waals surface area contributed by atoms with E-state index >= 15 is 0 Å². The second-order valence-electron chi connectivity index (χ2n) is 6.74. The summed E-state index contributed by atoms with van der Waals surface area (Å²) in [6.07, 6.45) is 1.12. The molecular weight excluding hydrogens is 342 g/mol. The van der Waals surface area contributed by atoms with Gasteiger partial charge in [0.25, 0.3) is 0 Å². The van der Waals surface area contributed by atoms with Crippen molar-refractivity contribution >= 4 is 0 Å². The molecule has 0 bridgehead atoms. The van der Waals surface area contributed by atoms with Crippen molar-refractivity contribution < 1.29 is 9.47 Å². The maximum atomic E-state index is 5.62. The molecule has 0 radical (unpaired) electrons. The van der Waals surface area contributed by atoms with Gasteiger partial charge >= 0.3 is 0 Å². The van der Waals surface area contributed by atoms with E-state index in [0.717, 1.165) is 43.1 Å². The molecule has 1 aliphatic rings. The molecule has 0 saturated carbocycles. The number of H-pyrrole nitrogens is 1. The fourth-order valence-corrected chi connectivity index (χ4v) is 3.77. The van der Waals surface area contributed by atoms with Crippen LogP contribution in [0.3, 0.4) is 0 Å². The van der Waals surface area contributed by atoms with E-state index in [-0.39, 0.29) is 0 Å². The molecule has 1 saturated heterocycles. The maximum absolute atomic E-state index is 5.62. The number of hydrogen-bond acceptors (Lipinski definition) is 6. The van der Waals surface area contributed by atoms with Crippen LogP contribution in [0.15, 0.2) is 42.5 Å². The Morgan fingerprint density at radius 1 is 1.11 bits per heavy atom. The normalized spacial score (nSPS) is 17.2. The lowest BCUT2D eigenvalue weighted by Crippen LogP contribution is -2.19. The van der Waals surface area contributed by atoms with Crippen LogP contribution in [-0.2, 0) is 6.54 Å². The Hall–Kier alpha value is -2.93. The third-order valence-electron chi connectivity index (χ3n) is 5.11. The van der Waals surface area contributed by atoms with Crippen LogP contribution in [0.1, 0.15) is 23.5 Å². The highest BCUT2D eigenvalue weighted by Gasteiger charge is 2.27. The minimum Gasteiger partial charge on any atom is -0.493 e. The Labute approximate surface area is 158 Å². The molecule has 2 heterocycles. The van der Waals surface area contributed by atoms with Crippen molar-refractivity contribution in [3.8, 4) is 22.9 Å². The van der Waals surface area contributed by atoms with E-state index in [9.17, 15) is 0 Å². The number of nitrogens with one attached hydrogen (secondary N) is 1. The first-order valence-electron chi connectivity index (χ1n) is 9.04. The topological polar surface area (TPSA) is 76.2 Å². The minimum absolute atomic E-state index is 0.452. The van der Waals surface area contributed by atoms with E-state index in [0.29, 0.717) is 11.7 Å². The van der Waals surface area contributed by atoms with Gasteiger partial charge in [0.15, 0.2) is 11.5 Å². The summed E-state index contributed by atoms with van der Waals surface area (Å²) in [5, 5.41) is 14.1. The lowest BCUT2D eigenvalue weighted by atomic mass is 9.97. The molecule has 0 amide bonds. The number of tetrazole rings is 1. The van der Waals surface area contributed by atoms with Gasteiger partial charge < -0.3 is 9.47 Å². The van der Waals surface area contributed by atoms with Gasteiger partial charge in [0.05, 0.1) is 14.2 Å². The van der Waals surface area contributed by atoms with E-state index in [4.69, 9.17) is 9.47 Å². The number of ether oxygens (including phenoxy) is 2. The zero-order valence-corrected chi connectivity index (χ0v) is 15.6. The van der Waals surface area contributed by atoms with Crippen LogP contribution in [0.5, 0.6) is 11.5 Å². The Bertz CT molecular complexity index is 880. The summed E-state index contributed by atoms with van der Waals surface area (Å²) < 4.78 is 11.1. The monoisotopic (exact) mass is 365 g/mol. The predicted octanol–water partition coefficient (Wildman–Crippen LogP) is 2.87. The fourth-order valence-electron chi connectivity index (χ4n) is 3.77. The fraction of sp³-hybridized carbons (Fsp3) is 0.350. The van der Waals surface area contributed by atoms with Crippen molar-refractivity contribution in [2.24, 2.45) is 0 Å². The van der Waals surface area contributed by atoms with Gasteiger partial charge in [0.2, 0.25) is 5.82 Å². The van der Waals surface area contributed by atoms with Crippen LogP contribution in [0.2, 0.25) is 0 Å². The summed E-state index contributed by atoms with van der Waals surface area (Å²) in [5.41, 5.74) is 3.47. The average molecular weight is 365 g/mol. The van der Waals surface area contributed by atoms with Gasteiger partial charge in [0.1, 0.15) is 0 Å². The molecular formula is C20H23N5O2. The highest BCUT2D eigenvalue weighted by atomic mass is 16.5. The summed E-state index contributed by atoms with van der Waals surface area (Å²) in [6.45, 7) is 3.00. The standard InChI is InChI=1S/C20H23N5O2/c1-26-18-5-3-4-17(19(18)27-2)16-10-11-25(13-16)12-14-6-8-15(9-7-14)20-21-23-24-22-20/h3-9,16H,10-13H2,1-2H3,(H,21,22,23,24)/t16-/m0/s1. The number of aromatic nitrogens is 4. The average Bonchev–Trinajstić information content (AvgIpc) is 3.40. The third-order valence-corrected chi connectivity index (χ3v) is 5.11. The smallest absolute Gasteiger partial charge is 0.204 e. The van der Waals surface area contributed by atoms with Gasteiger partial charge in [-0.1, -0.05) is 36.4 Å². The number of rotatable bonds is 6. The summed E-state index contributed by atoms with van der Waals surface area (Å²) >= 11 is 0. The van der Waals surface area contributed by atoms with Crippen molar-refractivity contribution in [3.63, 3.8) is 0 Å². The number of benzene rings is 2. The van der Waals surface area contributed by atoms with Crippen molar-refractivity contribution in [1.29, 1.82) is 0 Å². The molecule has 7 nitrogen and oxygen atoms in total. The molecule has 4 rings (SSSR count). The zero-order chi connectivity index (χ0) is 18.6. The minimum atomic E-state index is 0.452. The van der Waals surface area contributed by atoms with Crippen molar-refractivity contribution in [2.75, 3.05) is 27.3 Å². The maximum Gasteiger partial charge on any atom is 0.204 e. The van der Waals surface area contributed by atoms with Crippen LogP contribution < -0.4 is 9.47 Å². The number of likely N-dealkylation sites (tertiary alicyclic amines) is 1. The van der Waals surface area contributed by atoms with E-state index in [2.05, 4.69) is 43.7 Å². The van der Waals surface area contributed by atoms with Crippen molar-refractivity contribution in [1.82, 2.24) is 25.5 Å². The molecule has 27 heavy (non-hydrogen) atoms. The molecule has 7 heteroatoms. The third kappa shape index (κ3) is 3.64. The SMILES string of the molecule is COc1cccc([C@H]2CCN(Cc3ccc(-c4nn[nH]n4)cc3)C2)c1OC. The van der Waals surface area contributed by atoms with Crippen molar-refractivity contribution in [3.05, 3.63) is 53.6 Å². The van der Waals surface area contributed by atoms with E-state index < -0.39 is 0 Å². The van der Waals surface area contributed by atoms with Gasteiger partial charge in [-0.15, -0.1) is 10.2 Å². The van der Waals surface area contributed by atoms with Gasteiger partial charge in [-0.3, -0.25) is 4.90 Å². The summed E-state index contributed by atoms with van der Waals surface area (Å²) in [4.78, 5) is 2.48. The molecule has 3 aromatic rings. The molecule has 140 valence electrons. The second kappa shape index (κ2) is 7.75. The first kappa shape index (κ1) is 17.5. The Balaban J connectivity index is 1.43. The molecule has 1 N–H and O–H groups in total. The molecule has 1 aliphatic heterocycles. The highest BCUT2D eigenvalue weighted by molar-refractivity contribution is 5.54. The number of methoxy groups -OCH3 is 2. The molecule has 0 aliphatic carbocycles. The van der Waals surface area contributed by atoms with Crippen LogP contribution >= 0.6 is 0 Å². The van der Waals surface area contributed by atoms with Gasteiger partial charge in [0, 0.05) is 30.1 Å². The predicted molar refractivity (Wildman–Crippen MR) is 102 cm³/mol. The Morgan fingerprint density at radius 2 is 1.96 bits per heavy atom. The Morgan fingerprint density at radius 3 is 2.67 bits per heavy atom. The summed E-state index contributed by atoms with van der Waals surface area (Å²) in [5.74, 6) is 2.73. The molecule has 0 unspecified atom stereocenters. The Kier molecular flexibility index (Phi) is 5.02. The molecule has 0 spiro atoms. The quantitative estimate of drug-likeness (QED) is 0.724. The van der Waals surface area contributed by atoms with Gasteiger partial charge in [-0.25, -0.2) is 0 Å².